The molecule has 0 unspecified atom stereocenters. The Morgan fingerprint density at radius 3 is 2.04 bits per heavy atom. The van der Waals surface area contributed by atoms with Crippen molar-refractivity contribution >= 4 is 0 Å². The molecule has 4 aromatic rings. The standard InChI is InChI=1S/C21H15FN2O/c22-19-12-10-18(11-13-19)21-24-23-20(25-21)14-15-6-8-17(9-7-15)16-4-2-1-3-5-16/h1-13H,14H2. The molecule has 3 nitrogen and oxygen atoms in total. The fraction of sp³-hybridized carbons (Fsp3) is 0.0476. The zero-order chi connectivity index (χ0) is 17.1. The van der Waals surface area contributed by atoms with Gasteiger partial charge in [-0.2, -0.15) is 0 Å². The summed E-state index contributed by atoms with van der Waals surface area (Å²) in [4.78, 5) is 0. The van der Waals surface area contributed by atoms with Crippen molar-refractivity contribution < 1.29 is 8.81 Å². The Labute approximate surface area is 144 Å². The smallest absolute Gasteiger partial charge is 0.247 e. The number of hydrogen-bond acceptors (Lipinski definition) is 3. The highest BCUT2D eigenvalue weighted by Crippen LogP contribution is 2.22. The molecule has 0 radical (unpaired) electrons. The molecule has 4 rings (SSSR count). The maximum absolute atomic E-state index is 13.0. The molecule has 0 aliphatic heterocycles. The third-order valence-electron chi connectivity index (χ3n) is 3.97. The van der Waals surface area contributed by atoms with Crippen LogP contribution in [0.15, 0.2) is 83.3 Å². The molecular weight excluding hydrogens is 315 g/mol. The van der Waals surface area contributed by atoms with Crippen LogP contribution in [-0.2, 0) is 6.42 Å². The van der Waals surface area contributed by atoms with Crippen molar-refractivity contribution in [2.75, 3.05) is 0 Å². The summed E-state index contributed by atoms with van der Waals surface area (Å²) in [5.41, 5.74) is 4.15. The normalized spacial score (nSPS) is 10.8. The minimum absolute atomic E-state index is 0.290. The van der Waals surface area contributed by atoms with Crippen LogP contribution in [0.2, 0.25) is 0 Å². The van der Waals surface area contributed by atoms with Gasteiger partial charge in [-0.3, -0.25) is 0 Å². The van der Waals surface area contributed by atoms with Crippen molar-refractivity contribution in [2.24, 2.45) is 0 Å². The molecule has 0 bridgehead atoms. The second-order valence-electron chi connectivity index (χ2n) is 5.75. The van der Waals surface area contributed by atoms with E-state index in [-0.39, 0.29) is 5.82 Å². The lowest BCUT2D eigenvalue weighted by molar-refractivity contribution is 0.518. The lowest BCUT2D eigenvalue weighted by Gasteiger charge is -2.03. The third kappa shape index (κ3) is 3.48. The quantitative estimate of drug-likeness (QED) is 0.520. The van der Waals surface area contributed by atoms with Crippen LogP contribution in [0, 0.1) is 5.82 Å². The molecule has 25 heavy (non-hydrogen) atoms. The van der Waals surface area contributed by atoms with Crippen LogP contribution in [0.3, 0.4) is 0 Å². The van der Waals surface area contributed by atoms with Gasteiger partial charge in [0.1, 0.15) is 5.82 Å². The molecule has 0 N–H and O–H groups in total. The molecule has 0 spiro atoms. The number of aromatic nitrogens is 2. The van der Waals surface area contributed by atoms with E-state index in [4.69, 9.17) is 4.42 Å². The monoisotopic (exact) mass is 330 g/mol. The highest BCUT2D eigenvalue weighted by Gasteiger charge is 2.09. The first kappa shape index (κ1) is 15.3. The Balaban J connectivity index is 1.50. The van der Waals surface area contributed by atoms with Crippen LogP contribution in [0.4, 0.5) is 4.39 Å². The van der Waals surface area contributed by atoms with Gasteiger partial charge in [0.25, 0.3) is 0 Å². The zero-order valence-electron chi connectivity index (χ0n) is 13.4. The van der Waals surface area contributed by atoms with Crippen molar-refractivity contribution in [1.29, 1.82) is 0 Å². The average Bonchev–Trinajstić information content (AvgIpc) is 3.12. The van der Waals surface area contributed by atoms with Gasteiger partial charge in [0.15, 0.2) is 0 Å². The highest BCUT2D eigenvalue weighted by molar-refractivity contribution is 5.63. The summed E-state index contributed by atoms with van der Waals surface area (Å²) in [6.07, 6.45) is 0.559. The first-order valence-corrected chi connectivity index (χ1v) is 8.00. The molecule has 0 aliphatic carbocycles. The minimum Gasteiger partial charge on any atom is -0.420 e. The predicted molar refractivity (Wildman–Crippen MR) is 94.4 cm³/mol. The largest absolute Gasteiger partial charge is 0.420 e. The molecule has 3 aromatic carbocycles. The Morgan fingerprint density at radius 2 is 1.32 bits per heavy atom. The molecule has 0 saturated carbocycles. The van der Waals surface area contributed by atoms with Gasteiger partial charge in [-0.15, -0.1) is 10.2 Å². The summed E-state index contributed by atoms with van der Waals surface area (Å²) in [5, 5.41) is 8.12. The second-order valence-corrected chi connectivity index (χ2v) is 5.75. The van der Waals surface area contributed by atoms with Gasteiger partial charge in [-0.25, -0.2) is 4.39 Å². The van der Waals surface area contributed by atoms with E-state index in [0.29, 0.717) is 23.8 Å². The number of benzene rings is 3. The minimum atomic E-state index is -0.290. The maximum Gasteiger partial charge on any atom is 0.247 e. The van der Waals surface area contributed by atoms with E-state index in [1.807, 2.05) is 18.2 Å². The molecule has 1 heterocycles. The van der Waals surface area contributed by atoms with E-state index in [9.17, 15) is 4.39 Å². The second kappa shape index (κ2) is 6.69. The number of rotatable bonds is 4. The molecule has 0 fully saturated rings. The summed E-state index contributed by atoms with van der Waals surface area (Å²) in [6.45, 7) is 0. The first-order valence-electron chi connectivity index (χ1n) is 8.00. The Morgan fingerprint density at radius 1 is 0.680 bits per heavy atom. The van der Waals surface area contributed by atoms with Crippen molar-refractivity contribution in [3.63, 3.8) is 0 Å². The van der Waals surface area contributed by atoms with Crippen molar-refractivity contribution in [3.05, 3.63) is 96.1 Å². The van der Waals surface area contributed by atoms with E-state index in [0.717, 1.165) is 5.56 Å². The van der Waals surface area contributed by atoms with E-state index in [1.165, 1.54) is 23.3 Å². The Kier molecular flexibility index (Phi) is 4.09. The molecule has 1 aromatic heterocycles. The topological polar surface area (TPSA) is 38.9 Å². The number of nitrogens with zero attached hydrogens (tertiary/aromatic N) is 2. The average molecular weight is 330 g/mol. The Hall–Kier alpha value is -3.27. The SMILES string of the molecule is Fc1ccc(-c2nnc(Cc3ccc(-c4ccccc4)cc3)o2)cc1. The first-order chi connectivity index (χ1) is 12.3. The van der Waals surface area contributed by atoms with E-state index in [1.54, 1.807) is 12.1 Å². The predicted octanol–water partition coefficient (Wildman–Crippen LogP) is 5.13. The lowest BCUT2D eigenvalue weighted by atomic mass is 10.0. The van der Waals surface area contributed by atoms with Crippen LogP contribution in [0.1, 0.15) is 11.5 Å². The van der Waals surface area contributed by atoms with Crippen LogP contribution >= 0.6 is 0 Å². The van der Waals surface area contributed by atoms with Gasteiger partial charge in [-0.05, 0) is 41.0 Å². The van der Waals surface area contributed by atoms with Crippen LogP contribution in [0.25, 0.3) is 22.6 Å². The Bertz CT molecular complexity index is 961. The van der Waals surface area contributed by atoms with Gasteiger partial charge in [0.05, 0.1) is 6.42 Å². The van der Waals surface area contributed by atoms with E-state index in [2.05, 4.69) is 46.6 Å². The highest BCUT2D eigenvalue weighted by atomic mass is 19.1. The zero-order valence-corrected chi connectivity index (χ0v) is 13.4. The van der Waals surface area contributed by atoms with Crippen LogP contribution < -0.4 is 0 Å². The van der Waals surface area contributed by atoms with Gasteiger partial charge in [-0.1, -0.05) is 54.6 Å². The summed E-state index contributed by atoms with van der Waals surface area (Å²) >= 11 is 0. The third-order valence-corrected chi connectivity index (χ3v) is 3.97. The van der Waals surface area contributed by atoms with Gasteiger partial charge >= 0.3 is 0 Å². The molecule has 0 aliphatic rings. The van der Waals surface area contributed by atoms with E-state index < -0.39 is 0 Å². The molecular formula is C21H15FN2O. The van der Waals surface area contributed by atoms with Crippen LogP contribution in [-0.4, -0.2) is 10.2 Å². The molecule has 122 valence electrons. The molecule has 0 amide bonds. The van der Waals surface area contributed by atoms with Gasteiger partial charge in [0, 0.05) is 5.56 Å². The number of hydrogen-bond donors (Lipinski definition) is 0. The van der Waals surface area contributed by atoms with Gasteiger partial charge < -0.3 is 4.42 Å². The lowest BCUT2D eigenvalue weighted by Crippen LogP contribution is -1.88. The maximum atomic E-state index is 13.0. The molecule has 0 atom stereocenters. The fourth-order valence-corrected chi connectivity index (χ4v) is 2.65. The molecule has 4 heteroatoms. The fourth-order valence-electron chi connectivity index (χ4n) is 2.65. The summed E-state index contributed by atoms with van der Waals surface area (Å²) < 4.78 is 18.7. The summed E-state index contributed by atoms with van der Waals surface area (Å²) in [6, 6.07) is 24.5. The van der Waals surface area contributed by atoms with Crippen molar-refractivity contribution in [1.82, 2.24) is 10.2 Å². The molecule has 0 saturated heterocycles. The van der Waals surface area contributed by atoms with Crippen LogP contribution in [0.5, 0.6) is 0 Å². The van der Waals surface area contributed by atoms with Gasteiger partial charge in [0.2, 0.25) is 11.8 Å². The number of halogens is 1. The summed E-state index contributed by atoms with van der Waals surface area (Å²) in [7, 11) is 0. The summed E-state index contributed by atoms with van der Waals surface area (Å²) in [5.74, 6) is 0.643. The van der Waals surface area contributed by atoms with E-state index >= 15 is 0 Å². The van der Waals surface area contributed by atoms with Crippen molar-refractivity contribution in [3.8, 4) is 22.6 Å². The van der Waals surface area contributed by atoms with Crippen molar-refractivity contribution in [2.45, 2.75) is 6.42 Å².